The molecular formula is C27H40O3Si. The second-order valence-electron chi connectivity index (χ2n) is 9.70. The summed E-state index contributed by atoms with van der Waals surface area (Å²) in [7, 11) is -0.0657. The smallest absolute Gasteiger partial charge is 0.192 e. The van der Waals surface area contributed by atoms with E-state index in [1.165, 1.54) is 5.57 Å². The molecule has 0 unspecified atom stereocenters. The van der Waals surface area contributed by atoms with E-state index in [1.807, 2.05) is 24.3 Å². The number of benzene rings is 2. The fourth-order valence-electron chi connectivity index (χ4n) is 5.59. The van der Waals surface area contributed by atoms with Crippen LogP contribution in [0.25, 0.3) is 10.8 Å². The van der Waals surface area contributed by atoms with Gasteiger partial charge in [-0.05, 0) is 69.1 Å². The highest BCUT2D eigenvalue weighted by Gasteiger charge is 2.44. The molecule has 0 saturated heterocycles. The number of hydrogen-bond acceptors (Lipinski definition) is 3. The van der Waals surface area contributed by atoms with Crippen molar-refractivity contribution in [2.24, 2.45) is 5.92 Å². The van der Waals surface area contributed by atoms with Crippen molar-refractivity contribution < 1.29 is 14.3 Å². The van der Waals surface area contributed by atoms with Gasteiger partial charge in [0.25, 0.3) is 0 Å². The van der Waals surface area contributed by atoms with Crippen LogP contribution in [0.2, 0.25) is 18.1 Å². The monoisotopic (exact) mass is 440 g/mol. The summed E-state index contributed by atoms with van der Waals surface area (Å²) in [5.41, 5.74) is 1.99. The maximum absolute atomic E-state index is 11.2. The number of methoxy groups -OCH3 is 1. The molecule has 2 aromatic carbocycles. The first-order valence-electron chi connectivity index (χ1n) is 11.9. The second kappa shape index (κ2) is 9.38. The van der Waals surface area contributed by atoms with Crippen LogP contribution in [0.1, 0.15) is 65.9 Å². The van der Waals surface area contributed by atoms with Gasteiger partial charge < -0.3 is 14.3 Å². The Hall–Kier alpha value is -1.78. The maximum Gasteiger partial charge on any atom is 0.192 e. The Bertz CT molecular complexity index is 935. The largest absolute Gasteiger partial charge is 0.507 e. The second-order valence-corrected chi connectivity index (χ2v) is 14.4. The van der Waals surface area contributed by atoms with Crippen LogP contribution in [-0.2, 0) is 4.43 Å². The first-order chi connectivity index (χ1) is 14.7. The average Bonchev–Trinajstić information content (AvgIpc) is 2.76. The third kappa shape index (κ3) is 4.56. The van der Waals surface area contributed by atoms with E-state index in [0.717, 1.165) is 53.1 Å². The summed E-state index contributed by atoms with van der Waals surface area (Å²) < 4.78 is 13.0. The van der Waals surface area contributed by atoms with Crippen LogP contribution in [0.15, 0.2) is 42.0 Å². The quantitative estimate of drug-likeness (QED) is 0.336. The highest BCUT2D eigenvalue weighted by Crippen LogP contribution is 2.51. The molecule has 1 N–H and O–H groups in total. The zero-order valence-electron chi connectivity index (χ0n) is 20.4. The Balaban J connectivity index is 2.14. The molecule has 0 fully saturated rings. The van der Waals surface area contributed by atoms with Gasteiger partial charge in [-0.3, -0.25) is 0 Å². The summed E-state index contributed by atoms with van der Waals surface area (Å²) in [6.45, 7) is 13.6. The minimum Gasteiger partial charge on any atom is -0.507 e. The Kier molecular flexibility index (Phi) is 7.22. The van der Waals surface area contributed by atoms with Gasteiger partial charge in [-0.2, -0.15) is 0 Å². The van der Waals surface area contributed by atoms with E-state index in [-0.39, 0.29) is 17.4 Å². The summed E-state index contributed by atoms with van der Waals surface area (Å²) in [5, 5.41) is 13.2. The first kappa shape index (κ1) is 23.9. The van der Waals surface area contributed by atoms with Crippen LogP contribution in [0, 0.1) is 5.92 Å². The number of hydrogen-bond donors (Lipinski definition) is 1. The van der Waals surface area contributed by atoms with E-state index < -0.39 is 8.32 Å². The highest BCUT2D eigenvalue weighted by molar-refractivity contribution is 6.73. The van der Waals surface area contributed by atoms with E-state index in [1.54, 1.807) is 7.11 Å². The summed E-state index contributed by atoms with van der Waals surface area (Å²) >= 11 is 0. The molecule has 1 aliphatic carbocycles. The van der Waals surface area contributed by atoms with Gasteiger partial charge in [0.1, 0.15) is 11.5 Å². The molecule has 0 aromatic heterocycles. The lowest BCUT2D eigenvalue weighted by Crippen LogP contribution is -2.49. The third-order valence-corrected chi connectivity index (χ3v) is 12.4. The summed E-state index contributed by atoms with van der Waals surface area (Å²) in [6.07, 6.45) is 4.47. The Morgan fingerprint density at radius 1 is 1.10 bits per heavy atom. The molecule has 2 atom stereocenters. The number of rotatable bonds is 8. The number of phenols is 1. The normalized spacial score (nSPS) is 20.0. The van der Waals surface area contributed by atoms with Gasteiger partial charge >= 0.3 is 0 Å². The molecule has 170 valence electrons. The van der Waals surface area contributed by atoms with E-state index in [4.69, 9.17) is 9.16 Å². The summed E-state index contributed by atoms with van der Waals surface area (Å²) in [6, 6.07) is 13.4. The number of phenolic OH excluding ortho intramolecular Hbond substituents is 1. The molecule has 0 radical (unpaired) electrons. The zero-order chi connectivity index (χ0) is 22.8. The lowest BCUT2D eigenvalue weighted by Gasteiger charge is -2.47. The van der Waals surface area contributed by atoms with Gasteiger partial charge in [-0.15, -0.1) is 0 Å². The molecule has 0 spiro atoms. The van der Waals surface area contributed by atoms with E-state index >= 15 is 0 Å². The average molecular weight is 441 g/mol. The maximum atomic E-state index is 11.2. The molecule has 3 nitrogen and oxygen atoms in total. The van der Waals surface area contributed by atoms with Crippen LogP contribution >= 0.6 is 0 Å². The van der Waals surface area contributed by atoms with Gasteiger partial charge in [0.2, 0.25) is 0 Å². The fraction of sp³-hybridized carbons (Fsp3) is 0.556. The Morgan fingerprint density at radius 3 is 2.35 bits per heavy atom. The van der Waals surface area contributed by atoms with E-state index in [2.05, 4.69) is 53.7 Å². The highest BCUT2D eigenvalue weighted by atomic mass is 28.4. The number of fused-ring (bicyclic) bond motifs is 1. The number of allylic oxidation sites excluding steroid dienone is 2. The van der Waals surface area contributed by atoms with Crippen molar-refractivity contribution in [3.8, 4) is 11.5 Å². The first-order valence-corrected chi connectivity index (χ1v) is 14.4. The minimum absolute atomic E-state index is 0.0561. The molecular weight excluding hydrogens is 400 g/mol. The number of ether oxygens (including phenoxy) is 1. The van der Waals surface area contributed by atoms with Gasteiger partial charge in [0.15, 0.2) is 8.32 Å². The zero-order valence-corrected chi connectivity index (χ0v) is 21.4. The van der Waals surface area contributed by atoms with Crippen LogP contribution in [0.3, 0.4) is 0 Å². The van der Waals surface area contributed by atoms with Crippen LogP contribution in [0.4, 0.5) is 0 Å². The van der Waals surface area contributed by atoms with E-state index in [0.29, 0.717) is 5.75 Å². The van der Waals surface area contributed by atoms with Crippen molar-refractivity contribution >= 4 is 19.1 Å². The van der Waals surface area contributed by atoms with Gasteiger partial charge in [-0.25, -0.2) is 0 Å². The molecule has 0 saturated carbocycles. The van der Waals surface area contributed by atoms with Crippen molar-refractivity contribution in [3.05, 3.63) is 47.5 Å². The molecule has 0 amide bonds. The van der Waals surface area contributed by atoms with E-state index in [9.17, 15) is 5.11 Å². The SMILES string of the molecule is CC[Si](CC)(CC)OC(C)(C)[C@@H]1CCC(C)=C[C@H]1c1c(O)cc2ccccc2c1OC. The van der Waals surface area contributed by atoms with Crippen molar-refractivity contribution in [2.75, 3.05) is 7.11 Å². The van der Waals surface area contributed by atoms with Crippen LogP contribution < -0.4 is 4.74 Å². The van der Waals surface area contributed by atoms with Gasteiger partial charge in [0.05, 0.1) is 12.7 Å². The lowest BCUT2D eigenvalue weighted by molar-refractivity contribution is 0.0182. The molecule has 4 heteroatoms. The predicted molar refractivity (Wildman–Crippen MR) is 134 cm³/mol. The van der Waals surface area contributed by atoms with Crippen molar-refractivity contribution in [3.63, 3.8) is 0 Å². The van der Waals surface area contributed by atoms with Gasteiger partial charge in [-0.1, -0.05) is 56.7 Å². The molecule has 2 aromatic rings. The summed E-state index contributed by atoms with van der Waals surface area (Å²) in [4.78, 5) is 0. The van der Waals surface area contributed by atoms with Crippen molar-refractivity contribution in [1.82, 2.24) is 0 Å². The predicted octanol–water partition coefficient (Wildman–Crippen LogP) is 7.79. The number of aromatic hydroxyl groups is 1. The molecule has 0 bridgehead atoms. The third-order valence-electron chi connectivity index (χ3n) is 7.61. The lowest BCUT2D eigenvalue weighted by atomic mass is 9.69. The fourth-order valence-corrected chi connectivity index (χ4v) is 8.79. The summed E-state index contributed by atoms with van der Waals surface area (Å²) in [5.74, 6) is 1.43. The topological polar surface area (TPSA) is 38.7 Å². The Labute approximate surface area is 189 Å². The van der Waals surface area contributed by atoms with Crippen molar-refractivity contribution in [1.29, 1.82) is 0 Å². The van der Waals surface area contributed by atoms with Gasteiger partial charge in [0, 0.05) is 16.9 Å². The molecule has 0 heterocycles. The minimum atomic E-state index is -1.78. The molecule has 1 aliphatic rings. The van der Waals surface area contributed by atoms with Crippen LogP contribution in [-0.4, -0.2) is 26.1 Å². The van der Waals surface area contributed by atoms with Crippen LogP contribution in [0.5, 0.6) is 11.5 Å². The molecule has 0 aliphatic heterocycles. The van der Waals surface area contributed by atoms with Crippen molar-refractivity contribution in [2.45, 2.75) is 84.0 Å². The Morgan fingerprint density at radius 2 is 1.74 bits per heavy atom. The molecule has 31 heavy (non-hydrogen) atoms. The standard InChI is InChI=1S/C27H40O3Si/c1-8-31(9-2,10-3)30-27(5,6)23-16-15-19(4)17-22(23)25-24(28)18-20-13-11-12-14-21(20)26(25)29-7/h11-14,17-18,22-23,28H,8-10,15-16H2,1-7H3/t22-,23-/m1/s1. The molecule has 3 rings (SSSR count).